The third-order valence-corrected chi connectivity index (χ3v) is 5.17. The molecule has 3 rings (SSSR count). The Morgan fingerprint density at radius 2 is 1.64 bits per heavy atom. The number of carbonyl (C=O) groups excluding carboxylic acids is 1. The standard InChI is InChI=1S/C21H18F3N3O5S/c1-12(2)20(30)31-11-27-17(19(28)29)18(25-26-27)33-16-9-5-14(6-10-16)13-3-7-15(8-4-13)32-21(22,23)24/h3-10,12H,11H2,1-2H3,(H,28,29). The molecule has 0 aliphatic carbocycles. The van der Waals surface area contributed by atoms with Crippen LogP contribution in [0.1, 0.15) is 24.3 Å². The number of carboxylic acid groups (broad SMARTS) is 1. The molecular formula is C21H18F3N3O5S. The number of alkyl halides is 3. The van der Waals surface area contributed by atoms with Gasteiger partial charge in [-0.3, -0.25) is 4.79 Å². The number of aromatic carboxylic acids is 1. The summed E-state index contributed by atoms with van der Waals surface area (Å²) in [6.45, 7) is 2.92. The molecule has 0 saturated heterocycles. The summed E-state index contributed by atoms with van der Waals surface area (Å²) >= 11 is 1.06. The van der Waals surface area contributed by atoms with Crippen molar-refractivity contribution >= 4 is 23.7 Å². The number of benzene rings is 2. The van der Waals surface area contributed by atoms with E-state index >= 15 is 0 Å². The Kier molecular flexibility index (Phi) is 7.26. The molecular weight excluding hydrogens is 463 g/mol. The van der Waals surface area contributed by atoms with Gasteiger partial charge in [-0.1, -0.05) is 55.1 Å². The van der Waals surface area contributed by atoms with Gasteiger partial charge in [0.15, 0.2) is 17.5 Å². The van der Waals surface area contributed by atoms with E-state index in [2.05, 4.69) is 15.0 Å². The first-order valence-corrected chi connectivity index (χ1v) is 10.3. The van der Waals surface area contributed by atoms with E-state index in [1.165, 1.54) is 24.3 Å². The van der Waals surface area contributed by atoms with Crippen molar-refractivity contribution in [2.45, 2.75) is 36.9 Å². The predicted molar refractivity (Wildman–Crippen MR) is 111 cm³/mol. The fourth-order valence-corrected chi connectivity index (χ4v) is 3.49. The fourth-order valence-electron chi connectivity index (χ4n) is 2.63. The second kappa shape index (κ2) is 9.94. The van der Waals surface area contributed by atoms with Crippen molar-refractivity contribution in [2.24, 2.45) is 5.92 Å². The van der Waals surface area contributed by atoms with Gasteiger partial charge in [0.05, 0.1) is 5.92 Å². The zero-order chi connectivity index (χ0) is 24.2. The lowest BCUT2D eigenvalue weighted by molar-refractivity contribution is -0.274. The van der Waals surface area contributed by atoms with Gasteiger partial charge in [-0.05, 0) is 35.4 Å². The van der Waals surface area contributed by atoms with Crippen molar-refractivity contribution in [3.05, 3.63) is 54.2 Å². The van der Waals surface area contributed by atoms with Crippen LogP contribution in [0.2, 0.25) is 0 Å². The van der Waals surface area contributed by atoms with Gasteiger partial charge in [-0.15, -0.1) is 18.3 Å². The van der Waals surface area contributed by atoms with Gasteiger partial charge in [0, 0.05) is 4.90 Å². The zero-order valence-electron chi connectivity index (χ0n) is 17.4. The van der Waals surface area contributed by atoms with Gasteiger partial charge in [0.2, 0.25) is 0 Å². The lowest BCUT2D eigenvalue weighted by Crippen LogP contribution is -2.18. The number of aromatic nitrogens is 3. The summed E-state index contributed by atoms with van der Waals surface area (Å²) in [6.07, 6.45) is -4.76. The number of carboxylic acids is 1. The van der Waals surface area contributed by atoms with E-state index in [-0.39, 0.29) is 29.1 Å². The summed E-state index contributed by atoms with van der Waals surface area (Å²) in [5.74, 6) is -2.46. The highest BCUT2D eigenvalue weighted by Crippen LogP contribution is 2.32. The third-order valence-electron chi connectivity index (χ3n) is 4.20. The SMILES string of the molecule is CC(C)C(=O)OCn1nnc(Sc2ccc(-c3ccc(OC(F)(F)F)cc3)cc2)c1C(=O)O. The molecule has 0 bridgehead atoms. The van der Waals surface area contributed by atoms with Crippen LogP contribution in [-0.2, 0) is 16.3 Å². The van der Waals surface area contributed by atoms with Crippen molar-refractivity contribution in [3.8, 4) is 16.9 Å². The van der Waals surface area contributed by atoms with Crippen molar-refractivity contribution < 1.29 is 37.3 Å². The molecule has 1 aromatic heterocycles. The van der Waals surface area contributed by atoms with E-state index < -0.39 is 18.3 Å². The Morgan fingerprint density at radius 1 is 1.06 bits per heavy atom. The number of esters is 1. The van der Waals surface area contributed by atoms with E-state index in [1.807, 2.05) is 0 Å². The molecule has 0 radical (unpaired) electrons. The molecule has 1 heterocycles. The Balaban J connectivity index is 1.72. The molecule has 0 aliphatic heterocycles. The van der Waals surface area contributed by atoms with Gasteiger partial charge >= 0.3 is 18.3 Å². The minimum Gasteiger partial charge on any atom is -0.476 e. The third kappa shape index (κ3) is 6.48. The number of hydrogen-bond acceptors (Lipinski definition) is 7. The van der Waals surface area contributed by atoms with Crippen molar-refractivity contribution in [1.29, 1.82) is 0 Å². The molecule has 33 heavy (non-hydrogen) atoms. The van der Waals surface area contributed by atoms with Gasteiger partial charge in [0.25, 0.3) is 0 Å². The molecule has 0 unspecified atom stereocenters. The zero-order valence-corrected chi connectivity index (χ0v) is 18.2. The molecule has 0 spiro atoms. The topological polar surface area (TPSA) is 104 Å². The Labute approximate surface area is 190 Å². The summed E-state index contributed by atoms with van der Waals surface area (Å²) in [5, 5.41) is 17.3. The quantitative estimate of drug-likeness (QED) is 0.456. The molecule has 3 aromatic rings. The van der Waals surface area contributed by atoms with Crippen LogP contribution < -0.4 is 4.74 Å². The number of ether oxygens (including phenoxy) is 2. The van der Waals surface area contributed by atoms with Gasteiger partial charge < -0.3 is 14.6 Å². The second-order valence-corrected chi connectivity index (χ2v) is 8.06. The van der Waals surface area contributed by atoms with Gasteiger partial charge in [0.1, 0.15) is 5.75 Å². The lowest BCUT2D eigenvalue weighted by atomic mass is 10.1. The average Bonchev–Trinajstić information content (AvgIpc) is 3.14. The summed E-state index contributed by atoms with van der Waals surface area (Å²) < 4.78 is 46.7. The predicted octanol–water partition coefficient (Wildman–Crippen LogP) is 4.85. The largest absolute Gasteiger partial charge is 0.573 e. The van der Waals surface area contributed by atoms with Crippen LogP contribution in [0, 0.1) is 5.92 Å². The molecule has 0 atom stereocenters. The molecule has 0 aliphatic rings. The lowest BCUT2D eigenvalue weighted by Gasteiger charge is -2.09. The van der Waals surface area contributed by atoms with E-state index in [0.29, 0.717) is 10.5 Å². The molecule has 0 fully saturated rings. The number of hydrogen-bond donors (Lipinski definition) is 1. The first kappa shape index (κ1) is 24.1. The number of rotatable bonds is 8. The maximum atomic E-state index is 12.3. The maximum Gasteiger partial charge on any atom is 0.573 e. The highest BCUT2D eigenvalue weighted by Gasteiger charge is 2.31. The van der Waals surface area contributed by atoms with E-state index in [0.717, 1.165) is 22.0 Å². The minimum absolute atomic E-state index is 0.115. The van der Waals surface area contributed by atoms with Crippen LogP contribution in [0.15, 0.2) is 58.5 Å². The van der Waals surface area contributed by atoms with Crippen molar-refractivity contribution in [1.82, 2.24) is 15.0 Å². The highest BCUT2D eigenvalue weighted by molar-refractivity contribution is 7.99. The van der Waals surface area contributed by atoms with Crippen LogP contribution in [0.5, 0.6) is 5.75 Å². The second-order valence-electron chi connectivity index (χ2n) is 6.99. The molecule has 12 heteroatoms. The molecule has 2 aromatic carbocycles. The monoisotopic (exact) mass is 481 g/mol. The van der Waals surface area contributed by atoms with Crippen LogP contribution in [0.3, 0.4) is 0 Å². The molecule has 0 saturated carbocycles. The molecule has 1 N–H and O–H groups in total. The summed E-state index contributed by atoms with van der Waals surface area (Å²) in [6, 6.07) is 12.3. The van der Waals surface area contributed by atoms with Crippen LogP contribution in [0.25, 0.3) is 11.1 Å². The normalized spacial score (nSPS) is 11.5. The van der Waals surface area contributed by atoms with Gasteiger partial charge in [-0.2, -0.15) is 0 Å². The van der Waals surface area contributed by atoms with Crippen LogP contribution >= 0.6 is 11.8 Å². The maximum absolute atomic E-state index is 12.3. The highest BCUT2D eigenvalue weighted by atomic mass is 32.2. The first-order chi connectivity index (χ1) is 15.5. The van der Waals surface area contributed by atoms with E-state index in [9.17, 15) is 27.9 Å². The number of nitrogens with zero attached hydrogens (tertiary/aromatic N) is 3. The fraction of sp³-hybridized carbons (Fsp3) is 0.238. The number of halogens is 3. The summed E-state index contributed by atoms with van der Waals surface area (Å²) in [5.41, 5.74) is 1.19. The van der Waals surface area contributed by atoms with Crippen molar-refractivity contribution in [3.63, 3.8) is 0 Å². The minimum atomic E-state index is -4.76. The van der Waals surface area contributed by atoms with Crippen molar-refractivity contribution in [2.75, 3.05) is 0 Å². The van der Waals surface area contributed by atoms with E-state index in [1.54, 1.807) is 38.1 Å². The Morgan fingerprint density at radius 3 is 2.15 bits per heavy atom. The van der Waals surface area contributed by atoms with E-state index in [4.69, 9.17) is 4.74 Å². The van der Waals surface area contributed by atoms with Crippen LogP contribution in [0.4, 0.5) is 13.2 Å². The Hall–Kier alpha value is -3.54. The number of carbonyl (C=O) groups is 2. The average molecular weight is 481 g/mol. The smallest absolute Gasteiger partial charge is 0.476 e. The Bertz CT molecular complexity index is 1130. The summed E-state index contributed by atoms with van der Waals surface area (Å²) in [4.78, 5) is 24.0. The van der Waals surface area contributed by atoms with Gasteiger partial charge in [-0.25, -0.2) is 9.48 Å². The first-order valence-electron chi connectivity index (χ1n) is 9.51. The van der Waals surface area contributed by atoms with Crippen LogP contribution in [-0.4, -0.2) is 38.4 Å². The molecule has 0 amide bonds. The molecule has 8 nitrogen and oxygen atoms in total. The summed E-state index contributed by atoms with van der Waals surface area (Å²) in [7, 11) is 0. The molecule has 174 valence electrons.